The van der Waals surface area contributed by atoms with Gasteiger partial charge in [-0.3, -0.25) is 0 Å². The van der Waals surface area contributed by atoms with Crippen LogP contribution in [0.5, 0.6) is 0 Å². The van der Waals surface area contributed by atoms with Gasteiger partial charge in [0.2, 0.25) is 0 Å². The van der Waals surface area contributed by atoms with Gasteiger partial charge >= 0.3 is 124 Å². The summed E-state index contributed by atoms with van der Waals surface area (Å²) < 4.78 is 10.1. The normalized spacial score (nSPS) is 11.4. The van der Waals surface area contributed by atoms with Crippen LogP contribution >= 0.6 is 0 Å². The van der Waals surface area contributed by atoms with Crippen molar-refractivity contribution >= 4 is 50.9 Å². The van der Waals surface area contributed by atoms with Gasteiger partial charge in [0.15, 0.2) is 0 Å². The molecule has 0 aliphatic carbocycles. The van der Waals surface area contributed by atoms with Crippen molar-refractivity contribution < 1.29 is 9.28 Å². The van der Waals surface area contributed by atoms with E-state index in [9.17, 15) is 4.79 Å². The first kappa shape index (κ1) is 18.0. The van der Waals surface area contributed by atoms with Gasteiger partial charge in [-0.15, -0.1) is 0 Å². The number of carbonyl (C=O) groups is 1. The molecule has 0 saturated carbocycles. The van der Waals surface area contributed by atoms with Gasteiger partial charge in [-0.1, -0.05) is 6.92 Å². The molecule has 0 aromatic heterocycles. The number of hydrogen-bond donors (Lipinski definition) is 0. The predicted octanol–water partition coefficient (Wildman–Crippen LogP) is 1.75. The Kier molecular flexibility index (Phi) is 16.0. The zero-order chi connectivity index (χ0) is 12.8. The van der Waals surface area contributed by atoms with E-state index in [1.807, 2.05) is 0 Å². The summed E-state index contributed by atoms with van der Waals surface area (Å²) in [6, 6.07) is 0. The van der Waals surface area contributed by atoms with Crippen LogP contribution < -0.4 is 0 Å². The summed E-state index contributed by atoms with van der Waals surface area (Å²) in [5.41, 5.74) is 0. The number of hydrogen-bond acceptors (Lipinski definition) is 3. The summed E-state index contributed by atoms with van der Waals surface area (Å²) in [6.45, 7) is 2.25. The van der Waals surface area contributed by atoms with Crippen LogP contribution in [0.15, 0.2) is 0 Å². The molecule has 0 atom stereocenters. The van der Waals surface area contributed by atoms with E-state index >= 15 is 0 Å². The van der Waals surface area contributed by atoms with E-state index in [0.717, 1.165) is 6.42 Å². The summed E-state index contributed by atoms with van der Waals surface area (Å²) in [7, 11) is 0. The minimum atomic E-state index is -1.51. The van der Waals surface area contributed by atoms with E-state index in [4.69, 9.17) is 4.49 Å². The molecule has 0 saturated heterocycles. The monoisotopic (exact) mass is 460 g/mol. The molecule has 102 valence electrons. The Labute approximate surface area is 130 Å². The summed E-state index contributed by atoms with van der Waals surface area (Å²) in [6.07, 6.45) is 12.2. The number of unbranched alkanes of at least 4 members (excludes halogenated alkanes) is 8. The second kappa shape index (κ2) is 15.1. The summed E-state index contributed by atoms with van der Waals surface area (Å²) in [5.74, 6) is -0.0168. The van der Waals surface area contributed by atoms with Gasteiger partial charge in [0.1, 0.15) is 0 Å². The Morgan fingerprint density at radius 2 is 1.53 bits per heavy atom. The zero-order valence-corrected chi connectivity index (χ0v) is 21.2. The minimum absolute atomic E-state index is 0.0168. The van der Waals surface area contributed by atoms with Crippen molar-refractivity contribution in [3.8, 4) is 0 Å². The molecule has 0 fully saturated rings. The fourth-order valence-electron chi connectivity index (χ4n) is 1.78. The van der Waals surface area contributed by atoms with Gasteiger partial charge in [-0.2, -0.15) is 0 Å². The molecular weight excluding hydrogens is 430 g/mol. The Balaban J connectivity index is 3.05. The molecular formula is C12H28O3Sn2. The van der Waals surface area contributed by atoms with E-state index < -0.39 is 22.0 Å². The molecule has 17 heavy (non-hydrogen) atoms. The Morgan fingerprint density at radius 3 is 2.06 bits per heavy atom. The van der Waals surface area contributed by atoms with E-state index in [0.29, 0.717) is 6.42 Å². The SMILES string of the molecule is CCCCCCCCCCCC(=O)[O][SnH2][O][SnH3]. The van der Waals surface area contributed by atoms with E-state index in [-0.39, 0.29) is 28.9 Å². The quantitative estimate of drug-likeness (QED) is 0.331. The first-order valence-corrected chi connectivity index (χ1v) is 12.6. The fourth-order valence-corrected chi connectivity index (χ4v) is 5.16. The molecule has 3 nitrogen and oxygen atoms in total. The average molecular weight is 458 g/mol. The van der Waals surface area contributed by atoms with E-state index in [2.05, 4.69) is 6.92 Å². The summed E-state index contributed by atoms with van der Waals surface area (Å²) >= 11 is -1.25. The molecule has 0 aliphatic heterocycles. The molecule has 0 heterocycles. The van der Waals surface area contributed by atoms with Crippen LogP contribution in [0.2, 0.25) is 0 Å². The average Bonchev–Trinajstić information content (AvgIpc) is 2.34. The van der Waals surface area contributed by atoms with Crippen molar-refractivity contribution in [1.29, 1.82) is 0 Å². The van der Waals surface area contributed by atoms with Crippen LogP contribution in [0.25, 0.3) is 0 Å². The predicted molar refractivity (Wildman–Crippen MR) is 77.5 cm³/mol. The fraction of sp³-hybridized carbons (Fsp3) is 0.917. The third-order valence-electron chi connectivity index (χ3n) is 2.82. The van der Waals surface area contributed by atoms with Gasteiger partial charge in [0, 0.05) is 0 Å². The van der Waals surface area contributed by atoms with Gasteiger partial charge in [-0.05, 0) is 0 Å². The third kappa shape index (κ3) is 15.0. The zero-order valence-electron chi connectivity index (χ0n) is 11.5. The Morgan fingerprint density at radius 1 is 1.00 bits per heavy atom. The topological polar surface area (TPSA) is 35.5 Å². The van der Waals surface area contributed by atoms with Crippen LogP contribution in [0.3, 0.4) is 0 Å². The molecule has 0 spiro atoms. The molecule has 0 amide bonds. The molecule has 5 heteroatoms. The maximum atomic E-state index is 11.2. The summed E-state index contributed by atoms with van der Waals surface area (Å²) in [5, 5.41) is 0. The van der Waals surface area contributed by atoms with E-state index in [1.54, 1.807) is 0 Å². The molecule has 0 aliphatic rings. The van der Waals surface area contributed by atoms with Crippen LogP contribution in [-0.2, 0) is 9.28 Å². The van der Waals surface area contributed by atoms with Crippen LogP contribution in [-0.4, -0.2) is 50.9 Å². The van der Waals surface area contributed by atoms with Crippen LogP contribution in [0.4, 0.5) is 0 Å². The van der Waals surface area contributed by atoms with Crippen molar-refractivity contribution in [1.82, 2.24) is 0 Å². The van der Waals surface area contributed by atoms with Gasteiger partial charge in [0.05, 0.1) is 0 Å². The maximum absolute atomic E-state index is 11.2. The molecule has 0 radical (unpaired) electrons. The third-order valence-corrected chi connectivity index (χ3v) is 9.26. The van der Waals surface area contributed by atoms with Gasteiger partial charge in [0.25, 0.3) is 0 Å². The number of rotatable bonds is 12. The molecule has 0 aromatic rings. The second-order valence-electron chi connectivity index (χ2n) is 4.50. The van der Waals surface area contributed by atoms with Crippen molar-refractivity contribution in [3.63, 3.8) is 0 Å². The molecule has 0 N–H and O–H groups in total. The van der Waals surface area contributed by atoms with Gasteiger partial charge in [-0.25, -0.2) is 0 Å². The Hall–Kier alpha value is 1.03. The first-order valence-electron chi connectivity index (χ1n) is 6.95. The van der Waals surface area contributed by atoms with Crippen molar-refractivity contribution in [3.05, 3.63) is 0 Å². The first-order chi connectivity index (χ1) is 8.31. The Bertz CT molecular complexity index is 177. The van der Waals surface area contributed by atoms with Crippen LogP contribution in [0.1, 0.15) is 71.1 Å². The molecule has 0 unspecified atom stereocenters. The van der Waals surface area contributed by atoms with E-state index in [1.165, 1.54) is 51.4 Å². The number of carbonyl (C=O) groups excluding carboxylic acids is 1. The molecule has 0 rings (SSSR count). The van der Waals surface area contributed by atoms with Crippen molar-refractivity contribution in [2.24, 2.45) is 0 Å². The van der Waals surface area contributed by atoms with Crippen LogP contribution in [0, 0.1) is 0 Å². The van der Waals surface area contributed by atoms with Crippen molar-refractivity contribution in [2.45, 2.75) is 71.1 Å². The second-order valence-corrected chi connectivity index (χ2v) is 18.7. The standard InChI is InChI=1S/C12H24O2.O.2Sn.5H/c1-2-3-4-5-6-7-8-9-10-11-12(13)14;;;;;;;;/h2-11H2,1H3,(H,13,14);;;;;;;;/q;;;+1;;;;;/p-1. The summed E-state index contributed by atoms with van der Waals surface area (Å²) in [4.78, 5) is 11.2. The molecule has 0 aromatic carbocycles. The molecule has 0 bridgehead atoms. The van der Waals surface area contributed by atoms with Gasteiger partial charge < -0.3 is 0 Å². The van der Waals surface area contributed by atoms with Crippen molar-refractivity contribution in [2.75, 3.05) is 0 Å².